The molecule has 0 spiro atoms. The molecule has 180 valence electrons. The Hall–Kier alpha value is -3.79. The van der Waals surface area contributed by atoms with Crippen LogP contribution in [0.1, 0.15) is 5.56 Å². The number of piperazine rings is 1. The number of ether oxygens (including phenoxy) is 2. The van der Waals surface area contributed by atoms with Gasteiger partial charge in [-0.25, -0.2) is 13.2 Å². The molecule has 0 bridgehead atoms. The maximum absolute atomic E-state index is 16.3. The van der Waals surface area contributed by atoms with E-state index in [2.05, 4.69) is 15.3 Å². The van der Waals surface area contributed by atoms with Crippen LogP contribution in [-0.4, -0.2) is 54.5 Å². The highest BCUT2D eigenvalue weighted by Crippen LogP contribution is 2.47. The van der Waals surface area contributed by atoms with Crippen LogP contribution in [0.25, 0.3) is 32.8 Å². The van der Waals surface area contributed by atoms with Crippen LogP contribution in [0.15, 0.2) is 24.3 Å². The Morgan fingerprint density at radius 3 is 2.77 bits per heavy atom. The van der Waals surface area contributed by atoms with Gasteiger partial charge in [-0.15, -0.1) is 0 Å². The van der Waals surface area contributed by atoms with Gasteiger partial charge in [0, 0.05) is 19.6 Å². The molecule has 1 atom stereocenters. The molecular formula is C25H21F3N4O3. The van der Waals surface area contributed by atoms with Crippen molar-refractivity contribution in [2.24, 2.45) is 0 Å². The maximum atomic E-state index is 16.3. The van der Waals surface area contributed by atoms with Gasteiger partial charge in [0.1, 0.15) is 29.5 Å². The van der Waals surface area contributed by atoms with Gasteiger partial charge in [-0.05, 0) is 47.0 Å². The minimum absolute atomic E-state index is 0.00323. The molecule has 1 aromatic heterocycles. The van der Waals surface area contributed by atoms with Crippen LogP contribution in [0.3, 0.4) is 0 Å². The first kappa shape index (κ1) is 21.7. The Bertz CT molecular complexity index is 1530. The topological polar surface area (TPSA) is 79.7 Å². The minimum atomic E-state index is -0.976. The van der Waals surface area contributed by atoms with E-state index in [1.165, 1.54) is 38.3 Å². The van der Waals surface area contributed by atoms with Gasteiger partial charge in [-0.3, -0.25) is 0 Å². The lowest BCUT2D eigenvalue weighted by Crippen LogP contribution is -2.53. The molecule has 3 heterocycles. The lowest BCUT2D eigenvalue weighted by Gasteiger charge is -2.35. The van der Waals surface area contributed by atoms with Gasteiger partial charge < -0.3 is 24.8 Å². The lowest BCUT2D eigenvalue weighted by molar-refractivity contribution is 0.264. The van der Waals surface area contributed by atoms with Crippen molar-refractivity contribution >= 4 is 27.5 Å². The van der Waals surface area contributed by atoms with E-state index in [1.807, 2.05) is 4.90 Å². The standard InChI is InChI=1S/C25H21F3N4O3/c1-11-16(26)4-3-12-7-14(33)8-15(17(11)12)18-20(27)22-19-23(21(18)28)35-10-13-9-29-5-6-32(13)24(19)31-25(30-22)34-2/h3-4,7-8,13,29,33H,5-6,9-10H2,1-2H3/t13-/m0/s1. The van der Waals surface area contributed by atoms with Crippen molar-refractivity contribution in [3.05, 3.63) is 47.3 Å². The Morgan fingerprint density at radius 1 is 1.14 bits per heavy atom. The van der Waals surface area contributed by atoms with Gasteiger partial charge in [0.15, 0.2) is 17.4 Å². The van der Waals surface area contributed by atoms with Crippen LogP contribution in [0.2, 0.25) is 0 Å². The fraction of sp³-hybridized carbons (Fsp3) is 0.280. The third-order valence-corrected chi connectivity index (χ3v) is 6.73. The predicted octanol–water partition coefficient (Wildman–Crippen LogP) is 4.06. The third kappa shape index (κ3) is 3.16. The normalized spacial score (nSPS) is 17.3. The number of aryl methyl sites for hydroxylation is 1. The predicted molar refractivity (Wildman–Crippen MR) is 125 cm³/mol. The van der Waals surface area contributed by atoms with Gasteiger partial charge in [-0.2, -0.15) is 9.97 Å². The molecule has 2 aliphatic rings. The summed E-state index contributed by atoms with van der Waals surface area (Å²) in [5.41, 5.74) is -0.446. The Labute approximate surface area is 198 Å². The Kier molecular flexibility index (Phi) is 4.89. The molecule has 4 aromatic rings. The SMILES string of the molecule is COc1nc2c3c(c(F)c(-c4cc(O)cc5ccc(F)c(C)c45)c(F)c3n1)OC[C@@H]1CNCCN21. The van der Waals surface area contributed by atoms with E-state index in [9.17, 15) is 9.50 Å². The highest BCUT2D eigenvalue weighted by Gasteiger charge is 2.35. The molecule has 0 saturated carbocycles. The molecule has 10 heteroatoms. The summed E-state index contributed by atoms with van der Waals surface area (Å²) in [7, 11) is 1.37. The second-order valence-electron chi connectivity index (χ2n) is 8.72. The second kappa shape index (κ2) is 7.88. The number of halogens is 3. The average Bonchev–Trinajstić information content (AvgIpc) is 3.02. The molecule has 35 heavy (non-hydrogen) atoms. The molecule has 1 saturated heterocycles. The van der Waals surface area contributed by atoms with Gasteiger partial charge in [-0.1, -0.05) is 6.07 Å². The number of methoxy groups -OCH3 is 1. The summed E-state index contributed by atoms with van der Waals surface area (Å²) >= 11 is 0. The Morgan fingerprint density at radius 2 is 1.97 bits per heavy atom. The van der Waals surface area contributed by atoms with Crippen molar-refractivity contribution in [2.75, 3.05) is 38.3 Å². The molecular weight excluding hydrogens is 461 g/mol. The number of nitrogens with one attached hydrogen (secondary N) is 1. The monoisotopic (exact) mass is 482 g/mol. The lowest BCUT2D eigenvalue weighted by atomic mass is 9.92. The van der Waals surface area contributed by atoms with Crippen molar-refractivity contribution in [2.45, 2.75) is 13.0 Å². The molecule has 3 aromatic carbocycles. The highest BCUT2D eigenvalue weighted by atomic mass is 19.1. The number of hydrogen-bond acceptors (Lipinski definition) is 7. The van der Waals surface area contributed by atoms with E-state index in [0.29, 0.717) is 30.8 Å². The highest BCUT2D eigenvalue weighted by molar-refractivity contribution is 6.05. The second-order valence-corrected chi connectivity index (χ2v) is 8.72. The summed E-state index contributed by atoms with van der Waals surface area (Å²) in [6, 6.07) is 5.11. The van der Waals surface area contributed by atoms with Crippen molar-refractivity contribution in [3.63, 3.8) is 0 Å². The van der Waals surface area contributed by atoms with E-state index >= 15 is 8.78 Å². The van der Waals surface area contributed by atoms with E-state index in [-0.39, 0.29) is 57.6 Å². The smallest absolute Gasteiger partial charge is 0.318 e. The number of phenols is 1. The summed E-state index contributed by atoms with van der Waals surface area (Å²) in [5, 5.41) is 14.5. The molecule has 1 fully saturated rings. The maximum Gasteiger partial charge on any atom is 0.318 e. The summed E-state index contributed by atoms with van der Waals surface area (Å²) in [4.78, 5) is 10.6. The molecule has 2 aliphatic heterocycles. The fourth-order valence-electron chi connectivity index (χ4n) is 5.08. The number of aromatic nitrogens is 2. The van der Waals surface area contributed by atoms with Crippen LogP contribution < -0.4 is 19.7 Å². The largest absolute Gasteiger partial charge is 0.508 e. The minimum Gasteiger partial charge on any atom is -0.508 e. The van der Waals surface area contributed by atoms with Crippen LogP contribution in [0.4, 0.5) is 19.0 Å². The van der Waals surface area contributed by atoms with Gasteiger partial charge >= 0.3 is 6.01 Å². The summed E-state index contributed by atoms with van der Waals surface area (Å²) in [6.07, 6.45) is 0. The molecule has 6 rings (SSSR count). The summed E-state index contributed by atoms with van der Waals surface area (Å²) in [6.45, 7) is 3.47. The molecule has 0 unspecified atom stereocenters. The molecule has 7 nitrogen and oxygen atoms in total. The zero-order valence-corrected chi connectivity index (χ0v) is 19.0. The first-order valence-corrected chi connectivity index (χ1v) is 11.2. The number of nitrogens with zero attached hydrogens (tertiary/aromatic N) is 3. The van der Waals surface area contributed by atoms with E-state index in [4.69, 9.17) is 9.47 Å². The summed E-state index contributed by atoms with van der Waals surface area (Å²) < 4.78 is 58.2. The zero-order valence-electron chi connectivity index (χ0n) is 19.0. The molecule has 0 radical (unpaired) electrons. The zero-order chi connectivity index (χ0) is 24.4. The molecule has 2 N–H and O–H groups in total. The third-order valence-electron chi connectivity index (χ3n) is 6.73. The van der Waals surface area contributed by atoms with Crippen molar-refractivity contribution in [1.29, 1.82) is 0 Å². The van der Waals surface area contributed by atoms with Gasteiger partial charge in [0.2, 0.25) is 0 Å². The van der Waals surface area contributed by atoms with Crippen molar-refractivity contribution in [3.8, 4) is 28.6 Å². The number of benzene rings is 3. The number of phenolic OH excluding ortho intramolecular Hbond substituents is 1. The van der Waals surface area contributed by atoms with Crippen molar-refractivity contribution in [1.82, 2.24) is 15.3 Å². The molecule has 0 aliphatic carbocycles. The Balaban J connectivity index is 1.74. The van der Waals surface area contributed by atoms with Gasteiger partial charge in [0.25, 0.3) is 0 Å². The fourth-order valence-corrected chi connectivity index (χ4v) is 5.08. The number of rotatable bonds is 2. The summed E-state index contributed by atoms with van der Waals surface area (Å²) in [5.74, 6) is -2.54. The van der Waals surface area contributed by atoms with E-state index in [0.717, 1.165) is 0 Å². The number of fused-ring (bicyclic) bond motifs is 3. The van der Waals surface area contributed by atoms with Crippen LogP contribution >= 0.6 is 0 Å². The first-order valence-electron chi connectivity index (χ1n) is 11.2. The number of hydrogen-bond donors (Lipinski definition) is 2. The van der Waals surface area contributed by atoms with E-state index in [1.54, 1.807) is 0 Å². The quantitative estimate of drug-likeness (QED) is 0.446. The molecule has 0 amide bonds. The van der Waals surface area contributed by atoms with E-state index < -0.39 is 23.0 Å². The average molecular weight is 482 g/mol. The first-order chi connectivity index (χ1) is 16.9. The van der Waals surface area contributed by atoms with Crippen LogP contribution in [-0.2, 0) is 0 Å². The van der Waals surface area contributed by atoms with Crippen molar-refractivity contribution < 1.29 is 27.8 Å². The van der Waals surface area contributed by atoms with Gasteiger partial charge in [0.05, 0.1) is 24.1 Å². The number of aromatic hydroxyl groups is 1. The van der Waals surface area contributed by atoms with Crippen LogP contribution in [0.5, 0.6) is 17.5 Å². The van der Waals surface area contributed by atoms with Crippen LogP contribution in [0, 0.1) is 24.4 Å². The number of anilines is 1.